The van der Waals surface area contributed by atoms with E-state index in [9.17, 15) is 8.42 Å². The van der Waals surface area contributed by atoms with Gasteiger partial charge in [0.2, 0.25) is 0 Å². The molecule has 1 aromatic rings. The van der Waals surface area contributed by atoms with Crippen molar-refractivity contribution in [1.29, 1.82) is 0 Å². The average molecular weight is 288 g/mol. The van der Waals surface area contributed by atoms with Gasteiger partial charge in [0.1, 0.15) is 0 Å². The Morgan fingerprint density at radius 3 is 2.50 bits per heavy atom. The average Bonchev–Trinajstić information content (AvgIpc) is 2.32. The lowest BCUT2D eigenvalue weighted by atomic mass is 9.88. The van der Waals surface area contributed by atoms with Crippen LogP contribution in [0.1, 0.15) is 25.7 Å². The van der Waals surface area contributed by atoms with Crippen LogP contribution < -0.4 is 5.73 Å². The van der Waals surface area contributed by atoms with Gasteiger partial charge >= 0.3 is 0 Å². The van der Waals surface area contributed by atoms with Crippen molar-refractivity contribution in [3.8, 4) is 0 Å². The number of halogens is 1. The van der Waals surface area contributed by atoms with Crippen molar-refractivity contribution >= 4 is 21.4 Å². The van der Waals surface area contributed by atoms with Gasteiger partial charge in [0.05, 0.1) is 10.6 Å². The minimum atomic E-state index is -3.23. The molecule has 0 heterocycles. The maximum atomic E-state index is 12.2. The predicted octanol–water partition coefficient (Wildman–Crippen LogP) is 2.63. The molecule has 0 bridgehead atoms. The molecule has 18 heavy (non-hydrogen) atoms. The molecule has 0 spiro atoms. The smallest absolute Gasteiger partial charge is 0.178 e. The molecule has 1 aliphatic carbocycles. The Labute approximate surface area is 113 Å². The highest BCUT2D eigenvalue weighted by molar-refractivity contribution is 7.91. The van der Waals surface area contributed by atoms with E-state index in [0.717, 1.165) is 25.7 Å². The van der Waals surface area contributed by atoms with Gasteiger partial charge in [-0.05, 0) is 49.8 Å². The van der Waals surface area contributed by atoms with Crippen molar-refractivity contribution in [3.63, 3.8) is 0 Å². The first-order valence-corrected chi connectivity index (χ1v) is 8.24. The molecule has 5 heteroatoms. The summed E-state index contributed by atoms with van der Waals surface area (Å²) in [5, 5.41) is 0.460. The molecule has 0 aliphatic heterocycles. The van der Waals surface area contributed by atoms with E-state index < -0.39 is 9.84 Å². The maximum Gasteiger partial charge on any atom is 0.178 e. The summed E-state index contributed by atoms with van der Waals surface area (Å²) < 4.78 is 24.5. The molecule has 2 N–H and O–H groups in total. The van der Waals surface area contributed by atoms with E-state index in [4.69, 9.17) is 17.3 Å². The van der Waals surface area contributed by atoms with E-state index in [1.807, 2.05) is 0 Å². The molecule has 1 saturated carbocycles. The minimum Gasteiger partial charge on any atom is -0.328 e. The van der Waals surface area contributed by atoms with E-state index >= 15 is 0 Å². The monoisotopic (exact) mass is 287 g/mol. The first kappa shape index (κ1) is 13.8. The molecule has 3 nitrogen and oxygen atoms in total. The number of hydrogen-bond donors (Lipinski definition) is 1. The van der Waals surface area contributed by atoms with Crippen LogP contribution in [0.5, 0.6) is 0 Å². The molecule has 0 unspecified atom stereocenters. The standard InChI is InChI=1S/C13H18ClNO2S/c14-11-2-1-3-13(8-11)18(16,17)9-10-4-6-12(15)7-5-10/h1-3,8,10,12H,4-7,9,15H2. The lowest BCUT2D eigenvalue weighted by molar-refractivity contribution is 0.348. The molecule has 1 fully saturated rings. The fraction of sp³-hybridized carbons (Fsp3) is 0.538. The van der Waals surface area contributed by atoms with E-state index in [2.05, 4.69) is 0 Å². The van der Waals surface area contributed by atoms with Crippen LogP contribution in [-0.4, -0.2) is 20.2 Å². The summed E-state index contributed by atoms with van der Waals surface area (Å²) in [6.07, 6.45) is 3.66. The largest absolute Gasteiger partial charge is 0.328 e. The van der Waals surface area contributed by atoms with Gasteiger partial charge < -0.3 is 5.73 Å². The van der Waals surface area contributed by atoms with Crippen LogP contribution >= 0.6 is 11.6 Å². The van der Waals surface area contributed by atoms with Crippen molar-refractivity contribution in [2.75, 3.05) is 5.75 Å². The third-order valence-electron chi connectivity index (χ3n) is 3.50. The molecule has 0 aromatic heterocycles. The number of hydrogen-bond acceptors (Lipinski definition) is 3. The number of sulfone groups is 1. The maximum absolute atomic E-state index is 12.2. The van der Waals surface area contributed by atoms with Crippen LogP contribution in [0.4, 0.5) is 0 Å². The van der Waals surface area contributed by atoms with Gasteiger partial charge in [-0.15, -0.1) is 0 Å². The van der Waals surface area contributed by atoms with Crippen LogP contribution in [0.25, 0.3) is 0 Å². The Hall–Kier alpha value is -0.580. The van der Waals surface area contributed by atoms with E-state index in [0.29, 0.717) is 9.92 Å². The summed E-state index contributed by atoms with van der Waals surface area (Å²) in [6.45, 7) is 0. The summed E-state index contributed by atoms with van der Waals surface area (Å²) in [5.74, 6) is 0.439. The lowest BCUT2D eigenvalue weighted by Gasteiger charge is -2.25. The lowest BCUT2D eigenvalue weighted by Crippen LogP contribution is -2.29. The summed E-state index contributed by atoms with van der Waals surface area (Å²) in [7, 11) is -3.23. The molecule has 2 rings (SSSR count). The SMILES string of the molecule is NC1CCC(CS(=O)(=O)c2cccc(Cl)c2)CC1. The van der Waals surface area contributed by atoms with Gasteiger partial charge in [0.25, 0.3) is 0 Å². The molecule has 100 valence electrons. The Morgan fingerprint density at radius 1 is 1.22 bits per heavy atom. The zero-order chi connectivity index (χ0) is 13.2. The van der Waals surface area contributed by atoms with Crippen molar-refractivity contribution in [3.05, 3.63) is 29.3 Å². The van der Waals surface area contributed by atoms with Crippen molar-refractivity contribution in [1.82, 2.24) is 0 Å². The van der Waals surface area contributed by atoms with Crippen LogP contribution in [-0.2, 0) is 9.84 Å². The fourth-order valence-electron chi connectivity index (χ4n) is 2.42. The summed E-state index contributed by atoms with van der Waals surface area (Å²) in [5.41, 5.74) is 5.82. The normalized spacial score (nSPS) is 25.0. The second-order valence-corrected chi connectivity index (χ2v) is 7.49. The zero-order valence-corrected chi connectivity index (χ0v) is 11.8. The van der Waals surface area contributed by atoms with Crippen LogP contribution in [0.3, 0.4) is 0 Å². The first-order chi connectivity index (χ1) is 8.47. The van der Waals surface area contributed by atoms with Crippen molar-refractivity contribution in [2.45, 2.75) is 36.6 Å². The van der Waals surface area contributed by atoms with Gasteiger partial charge in [-0.2, -0.15) is 0 Å². The highest BCUT2D eigenvalue weighted by atomic mass is 35.5. The number of nitrogens with two attached hydrogens (primary N) is 1. The topological polar surface area (TPSA) is 60.2 Å². The molecule has 1 aliphatic rings. The van der Waals surface area contributed by atoms with Gasteiger partial charge in [0, 0.05) is 11.1 Å². The quantitative estimate of drug-likeness (QED) is 0.930. The molecular formula is C13H18ClNO2S. The summed E-state index contributed by atoms with van der Waals surface area (Å²) >= 11 is 5.83. The third kappa shape index (κ3) is 3.46. The number of rotatable bonds is 3. The zero-order valence-electron chi connectivity index (χ0n) is 10.2. The summed E-state index contributed by atoms with van der Waals surface area (Å²) in [6, 6.07) is 6.73. The van der Waals surface area contributed by atoms with E-state index in [1.54, 1.807) is 18.2 Å². The third-order valence-corrected chi connectivity index (χ3v) is 5.62. The van der Waals surface area contributed by atoms with E-state index in [-0.39, 0.29) is 17.7 Å². The second kappa shape index (κ2) is 5.59. The van der Waals surface area contributed by atoms with Crippen molar-refractivity contribution in [2.24, 2.45) is 11.7 Å². The van der Waals surface area contributed by atoms with Gasteiger partial charge in [-0.1, -0.05) is 17.7 Å². The van der Waals surface area contributed by atoms with Crippen LogP contribution in [0, 0.1) is 5.92 Å². The van der Waals surface area contributed by atoms with Gasteiger partial charge in [-0.3, -0.25) is 0 Å². The molecule has 1 aromatic carbocycles. The second-order valence-electron chi connectivity index (χ2n) is 5.02. The van der Waals surface area contributed by atoms with E-state index in [1.165, 1.54) is 6.07 Å². The van der Waals surface area contributed by atoms with Gasteiger partial charge in [0.15, 0.2) is 9.84 Å². The molecule has 0 radical (unpaired) electrons. The molecule has 0 amide bonds. The molecule has 0 saturated heterocycles. The molecular weight excluding hydrogens is 270 g/mol. The summed E-state index contributed by atoms with van der Waals surface area (Å²) in [4.78, 5) is 0.324. The Kier molecular flexibility index (Phi) is 4.30. The number of benzene rings is 1. The predicted molar refractivity (Wildman–Crippen MR) is 73.4 cm³/mol. The Balaban J connectivity index is 2.08. The minimum absolute atomic E-state index is 0.208. The molecule has 0 atom stereocenters. The first-order valence-electron chi connectivity index (χ1n) is 6.21. The Morgan fingerprint density at radius 2 is 1.89 bits per heavy atom. The van der Waals surface area contributed by atoms with Crippen LogP contribution in [0.2, 0.25) is 5.02 Å². The fourth-order valence-corrected chi connectivity index (χ4v) is 4.42. The highest BCUT2D eigenvalue weighted by Crippen LogP contribution is 2.27. The highest BCUT2D eigenvalue weighted by Gasteiger charge is 2.25. The van der Waals surface area contributed by atoms with Crippen molar-refractivity contribution < 1.29 is 8.42 Å². The van der Waals surface area contributed by atoms with Crippen LogP contribution in [0.15, 0.2) is 29.2 Å². The Bertz CT molecular complexity index is 507. The van der Waals surface area contributed by atoms with Gasteiger partial charge in [-0.25, -0.2) is 8.42 Å².